The highest BCUT2D eigenvalue weighted by molar-refractivity contribution is 7.47. The molecule has 0 spiro atoms. The molecule has 0 fully saturated rings. The Morgan fingerprint density at radius 3 is 1.62 bits per heavy atom. The lowest BCUT2D eigenvalue weighted by molar-refractivity contribution is -0.161. The SMILES string of the molecule is CCCCCCCC/C=C\CCCCCCCC(=O)OC[C@H](COP(=O)(O)OCCNC(=O)c1ccnc(-c2cc(C)ccn2)c1)OC(=O)CCCCCCC/C=C\CCCCCCCC. The molecule has 66 heavy (non-hydrogen) atoms. The molecular formula is C53H86N3O9P. The molecule has 12 nitrogen and oxygen atoms in total. The minimum atomic E-state index is -4.63. The van der Waals surface area contributed by atoms with Crippen LogP contribution in [0.25, 0.3) is 11.4 Å². The van der Waals surface area contributed by atoms with Crippen LogP contribution >= 0.6 is 7.82 Å². The average Bonchev–Trinajstić information content (AvgIpc) is 3.31. The number of nitrogens with one attached hydrogen (secondary N) is 1. The van der Waals surface area contributed by atoms with E-state index in [9.17, 15) is 23.8 Å². The minimum absolute atomic E-state index is 0.0879. The van der Waals surface area contributed by atoms with Gasteiger partial charge in [0.15, 0.2) is 6.10 Å². The Labute approximate surface area is 398 Å². The van der Waals surface area contributed by atoms with E-state index in [0.717, 1.165) is 82.6 Å². The topological polar surface area (TPSA) is 163 Å². The summed E-state index contributed by atoms with van der Waals surface area (Å²) in [5.74, 6) is -1.35. The number of aryl methyl sites for hydroxylation is 1. The second-order valence-corrected chi connectivity index (χ2v) is 18.9. The van der Waals surface area contributed by atoms with Gasteiger partial charge in [-0.2, -0.15) is 0 Å². The summed E-state index contributed by atoms with van der Waals surface area (Å²) in [5.41, 5.74) is 2.51. The smallest absolute Gasteiger partial charge is 0.462 e. The zero-order valence-electron chi connectivity index (χ0n) is 41.0. The number of phosphoric acid groups is 1. The third kappa shape index (κ3) is 32.1. The molecule has 2 aromatic rings. The van der Waals surface area contributed by atoms with E-state index in [-0.39, 0.29) is 32.6 Å². The van der Waals surface area contributed by atoms with Gasteiger partial charge in [-0.25, -0.2) is 4.57 Å². The first kappa shape index (κ1) is 58.4. The van der Waals surface area contributed by atoms with Crippen LogP contribution < -0.4 is 5.32 Å². The molecule has 0 aliphatic rings. The maximum absolute atomic E-state index is 12.9. The fraction of sp³-hybridized carbons (Fsp3) is 0.679. The third-order valence-corrected chi connectivity index (χ3v) is 12.3. The Morgan fingerprint density at radius 1 is 0.621 bits per heavy atom. The number of phosphoric ester groups is 1. The second kappa shape index (κ2) is 39.3. The quantitative estimate of drug-likeness (QED) is 0.0282. The molecule has 0 saturated heterocycles. The lowest BCUT2D eigenvalue weighted by Gasteiger charge is -2.20. The first-order valence-electron chi connectivity index (χ1n) is 25.6. The number of ether oxygens (including phenoxy) is 2. The predicted octanol–water partition coefficient (Wildman–Crippen LogP) is 13.8. The van der Waals surface area contributed by atoms with Crippen molar-refractivity contribution in [2.24, 2.45) is 0 Å². The summed E-state index contributed by atoms with van der Waals surface area (Å²) in [6.45, 7) is 5.17. The molecule has 13 heteroatoms. The summed E-state index contributed by atoms with van der Waals surface area (Å²) < 4.78 is 34.1. The van der Waals surface area contributed by atoms with Gasteiger partial charge in [0.1, 0.15) is 6.61 Å². The van der Waals surface area contributed by atoms with E-state index in [4.69, 9.17) is 18.5 Å². The number of allylic oxidation sites excluding steroid dienone is 4. The predicted molar refractivity (Wildman–Crippen MR) is 266 cm³/mol. The van der Waals surface area contributed by atoms with Gasteiger partial charge in [0.25, 0.3) is 5.91 Å². The zero-order valence-corrected chi connectivity index (χ0v) is 41.9. The van der Waals surface area contributed by atoms with E-state index in [2.05, 4.69) is 53.4 Å². The van der Waals surface area contributed by atoms with Crippen molar-refractivity contribution in [1.82, 2.24) is 15.3 Å². The number of carbonyl (C=O) groups is 3. The number of carbonyl (C=O) groups excluding carboxylic acids is 3. The molecule has 0 aromatic carbocycles. The molecule has 372 valence electrons. The maximum Gasteiger partial charge on any atom is 0.472 e. The van der Waals surface area contributed by atoms with Gasteiger partial charge in [0.2, 0.25) is 0 Å². The highest BCUT2D eigenvalue weighted by atomic mass is 31.2. The average molecular weight is 940 g/mol. The lowest BCUT2D eigenvalue weighted by atomic mass is 10.1. The molecule has 2 N–H and O–H groups in total. The highest BCUT2D eigenvalue weighted by Gasteiger charge is 2.26. The Kier molecular flexibility index (Phi) is 34.8. The van der Waals surface area contributed by atoms with Gasteiger partial charge in [0.05, 0.1) is 24.6 Å². The van der Waals surface area contributed by atoms with Gasteiger partial charge in [-0.05, 0) is 101 Å². The van der Waals surface area contributed by atoms with Crippen LogP contribution in [0.3, 0.4) is 0 Å². The van der Waals surface area contributed by atoms with Gasteiger partial charge in [-0.3, -0.25) is 33.4 Å². The normalized spacial score (nSPS) is 13.0. The molecule has 0 bridgehead atoms. The van der Waals surface area contributed by atoms with Crippen LogP contribution in [-0.4, -0.2) is 65.2 Å². The lowest BCUT2D eigenvalue weighted by Crippen LogP contribution is -2.30. The van der Waals surface area contributed by atoms with Gasteiger partial charge in [0, 0.05) is 37.3 Å². The van der Waals surface area contributed by atoms with Crippen molar-refractivity contribution in [1.29, 1.82) is 0 Å². The second-order valence-electron chi connectivity index (χ2n) is 17.5. The van der Waals surface area contributed by atoms with Crippen LogP contribution in [0.1, 0.15) is 210 Å². The maximum atomic E-state index is 12.9. The highest BCUT2D eigenvalue weighted by Crippen LogP contribution is 2.43. The molecule has 1 amide bonds. The van der Waals surface area contributed by atoms with Crippen LogP contribution in [-0.2, 0) is 32.7 Å². The zero-order chi connectivity index (χ0) is 47.8. The molecule has 0 saturated carbocycles. The number of esters is 2. The number of aromatic nitrogens is 2. The van der Waals surface area contributed by atoms with E-state index in [1.54, 1.807) is 18.3 Å². The molecule has 0 aliphatic carbocycles. The van der Waals surface area contributed by atoms with Crippen molar-refractivity contribution < 1.29 is 42.4 Å². The first-order chi connectivity index (χ1) is 32.1. The number of pyridine rings is 2. The Bertz CT molecular complexity index is 1690. The molecule has 1 unspecified atom stereocenters. The van der Waals surface area contributed by atoms with Crippen LogP contribution in [0.4, 0.5) is 0 Å². The molecule has 2 heterocycles. The fourth-order valence-corrected chi connectivity index (χ4v) is 8.08. The summed E-state index contributed by atoms with van der Waals surface area (Å²) in [5, 5.41) is 2.65. The van der Waals surface area contributed by atoms with Crippen molar-refractivity contribution >= 4 is 25.7 Å². The molecular weight excluding hydrogens is 854 g/mol. The van der Waals surface area contributed by atoms with Gasteiger partial charge in [-0.15, -0.1) is 0 Å². The largest absolute Gasteiger partial charge is 0.472 e. The molecule has 0 radical (unpaired) electrons. The number of rotatable bonds is 42. The van der Waals surface area contributed by atoms with Crippen LogP contribution in [0, 0.1) is 6.92 Å². The van der Waals surface area contributed by atoms with Crippen molar-refractivity contribution in [2.75, 3.05) is 26.4 Å². The number of amides is 1. The van der Waals surface area contributed by atoms with E-state index < -0.39 is 38.4 Å². The number of nitrogens with zero attached hydrogens (tertiary/aromatic N) is 2. The van der Waals surface area contributed by atoms with Crippen molar-refractivity contribution in [3.63, 3.8) is 0 Å². The van der Waals surface area contributed by atoms with E-state index in [1.165, 1.54) is 83.2 Å². The third-order valence-electron chi connectivity index (χ3n) is 11.3. The van der Waals surface area contributed by atoms with Gasteiger partial charge >= 0.3 is 19.8 Å². The molecule has 2 aromatic heterocycles. The van der Waals surface area contributed by atoms with Crippen LogP contribution in [0.5, 0.6) is 0 Å². The summed E-state index contributed by atoms with van der Waals surface area (Å²) in [4.78, 5) is 57.4. The van der Waals surface area contributed by atoms with Crippen LogP contribution in [0.2, 0.25) is 0 Å². The Hall–Kier alpha value is -3.70. The number of hydrogen-bond acceptors (Lipinski definition) is 10. The number of unbranched alkanes of at least 4 members (excludes halogenated alkanes) is 22. The summed E-state index contributed by atoms with van der Waals surface area (Å²) in [6.07, 6.45) is 41.5. The van der Waals surface area contributed by atoms with Crippen molar-refractivity contribution in [3.8, 4) is 11.4 Å². The fourth-order valence-electron chi connectivity index (χ4n) is 7.33. The summed E-state index contributed by atoms with van der Waals surface area (Å²) in [7, 11) is -4.63. The Balaban J connectivity index is 1.74. The molecule has 0 aliphatic heterocycles. The summed E-state index contributed by atoms with van der Waals surface area (Å²) in [6, 6.07) is 6.91. The van der Waals surface area contributed by atoms with E-state index in [0.29, 0.717) is 29.8 Å². The number of hydrogen-bond donors (Lipinski definition) is 2. The van der Waals surface area contributed by atoms with Gasteiger partial charge < -0.3 is 19.7 Å². The minimum Gasteiger partial charge on any atom is -0.462 e. The van der Waals surface area contributed by atoms with Gasteiger partial charge in [-0.1, -0.05) is 141 Å². The molecule has 2 atom stereocenters. The van der Waals surface area contributed by atoms with E-state index >= 15 is 0 Å². The molecule has 2 rings (SSSR count). The summed E-state index contributed by atoms with van der Waals surface area (Å²) >= 11 is 0. The standard InChI is InChI=1S/C53H86N3O9P/c1-4-6-8-10-12-14-16-18-20-22-24-26-28-30-32-34-51(57)62-44-48(65-52(58)35-33-31-29-27-25-23-21-19-17-15-13-11-9-7-5-2)45-64-66(60,61)63-41-40-56-53(59)47-37-39-55-50(43-47)49-42-46(3)36-38-54-49/h18-21,36-39,42-43,48H,4-17,22-35,40-41,44-45H2,1-3H3,(H,56,59)(H,60,61)/b20-18-,21-19-/t48-/m1/s1. The van der Waals surface area contributed by atoms with Crippen molar-refractivity contribution in [2.45, 2.75) is 207 Å². The monoisotopic (exact) mass is 940 g/mol. The first-order valence-corrected chi connectivity index (χ1v) is 27.1. The Morgan fingerprint density at radius 2 is 1.09 bits per heavy atom. The van der Waals surface area contributed by atoms with E-state index in [1.807, 2.05) is 19.1 Å². The van der Waals surface area contributed by atoms with Crippen molar-refractivity contribution in [3.05, 3.63) is 72.1 Å². The van der Waals surface area contributed by atoms with Crippen LogP contribution in [0.15, 0.2) is 61.0 Å².